The van der Waals surface area contributed by atoms with Gasteiger partial charge in [-0.2, -0.15) is 0 Å². The third-order valence-electron chi connectivity index (χ3n) is 3.31. The maximum absolute atomic E-state index is 13.4. The highest BCUT2D eigenvalue weighted by atomic mass is 19.1. The van der Waals surface area contributed by atoms with E-state index in [2.05, 4.69) is 6.92 Å². The minimum Gasteiger partial charge on any atom is -0.342 e. The lowest BCUT2D eigenvalue weighted by Crippen LogP contribution is -2.40. The maximum atomic E-state index is 13.4. The lowest BCUT2D eigenvalue weighted by atomic mass is 9.99. The molecule has 0 bridgehead atoms. The zero-order chi connectivity index (χ0) is 12.3. The maximum Gasteiger partial charge on any atom is 0.227 e. The molecule has 1 fully saturated rings. The minimum absolute atomic E-state index is 0.0432. The van der Waals surface area contributed by atoms with E-state index in [0.717, 1.165) is 19.5 Å². The van der Waals surface area contributed by atoms with Crippen LogP contribution in [-0.2, 0) is 11.2 Å². The number of amides is 1. The van der Waals surface area contributed by atoms with E-state index in [0.29, 0.717) is 11.5 Å². The van der Waals surface area contributed by atoms with E-state index in [9.17, 15) is 9.18 Å². The van der Waals surface area contributed by atoms with Crippen LogP contribution in [0.2, 0.25) is 0 Å². The monoisotopic (exact) mass is 235 g/mol. The van der Waals surface area contributed by atoms with Crippen LogP contribution in [0.3, 0.4) is 0 Å². The van der Waals surface area contributed by atoms with Crippen molar-refractivity contribution in [2.45, 2.75) is 26.2 Å². The summed E-state index contributed by atoms with van der Waals surface area (Å²) in [4.78, 5) is 13.9. The summed E-state index contributed by atoms with van der Waals surface area (Å²) in [7, 11) is 0. The first kappa shape index (κ1) is 12.1. The Bertz CT molecular complexity index is 405. The molecule has 3 heteroatoms. The molecule has 0 unspecified atom stereocenters. The highest BCUT2D eigenvalue weighted by molar-refractivity contribution is 5.78. The average molecular weight is 235 g/mol. The van der Waals surface area contributed by atoms with E-state index in [-0.39, 0.29) is 18.1 Å². The smallest absolute Gasteiger partial charge is 0.227 e. The molecule has 1 aromatic rings. The number of halogens is 1. The Labute approximate surface area is 101 Å². The van der Waals surface area contributed by atoms with Crippen LogP contribution in [0.1, 0.15) is 25.3 Å². The van der Waals surface area contributed by atoms with Gasteiger partial charge in [0, 0.05) is 13.1 Å². The highest BCUT2D eigenvalue weighted by Crippen LogP contribution is 2.17. The Morgan fingerprint density at radius 1 is 1.47 bits per heavy atom. The van der Waals surface area contributed by atoms with Gasteiger partial charge in [-0.05, 0) is 30.4 Å². The number of nitrogens with zero attached hydrogens (tertiary/aromatic N) is 1. The van der Waals surface area contributed by atoms with E-state index < -0.39 is 0 Å². The lowest BCUT2D eigenvalue weighted by Gasteiger charge is -2.31. The Morgan fingerprint density at radius 3 is 2.94 bits per heavy atom. The summed E-state index contributed by atoms with van der Waals surface area (Å²) in [6, 6.07) is 6.50. The van der Waals surface area contributed by atoms with Crippen molar-refractivity contribution in [3.05, 3.63) is 35.6 Å². The Kier molecular flexibility index (Phi) is 3.77. The van der Waals surface area contributed by atoms with Crippen molar-refractivity contribution in [1.82, 2.24) is 4.90 Å². The molecule has 2 rings (SSSR count). The fraction of sp³-hybridized carbons (Fsp3) is 0.500. The molecule has 0 aromatic heterocycles. The average Bonchev–Trinajstić information content (AvgIpc) is 2.32. The van der Waals surface area contributed by atoms with Gasteiger partial charge in [-0.25, -0.2) is 4.39 Å². The molecule has 2 nitrogen and oxygen atoms in total. The topological polar surface area (TPSA) is 20.3 Å². The molecule has 1 amide bonds. The molecule has 1 aromatic carbocycles. The second-order valence-electron chi connectivity index (χ2n) is 4.86. The van der Waals surface area contributed by atoms with Crippen molar-refractivity contribution >= 4 is 5.91 Å². The van der Waals surface area contributed by atoms with Gasteiger partial charge in [0.25, 0.3) is 0 Å². The first-order valence-corrected chi connectivity index (χ1v) is 6.18. The predicted molar refractivity (Wildman–Crippen MR) is 65.1 cm³/mol. The highest BCUT2D eigenvalue weighted by Gasteiger charge is 2.21. The molecule has 17 heavy (non-hydrogen) atoms. The van der Waals surface area contributed by atoms with Gasteiger partial charge in [0.2, 0.25) is 5.91 Å². The zero-order valence-corrected chi connectivity index (χ0v) is 10.2. The fourth-order valence-corrected chi connectivity index (χ4v) is 2.33. The van der Waals surface area contributed by atoms with Crippen molar-refractivity contribution in [1.29, 1.82) is 0 Å². The van der Waals surface area contributed by atoms with E-state index >= 15 is 0 Å². The number of hydrogen-bond acceptors (Lipinski definition) is 1. The van der Waals surface area contributed by atoms with E-state index in [1.54, 1.807) is 18.2 Å². The molecule has 0 radical (unpaired) electrons. The van der Waals surface area contributed by atoms with Crippen molar-refractivity contribution < 1.29 is 9.18 Å². The summed E-state index contributed by atoms with van der Waals surface area (Å²) in [6.07, 6.45) is 2.42. The van der Waals surface area contributed by atoms with Crippen molar-refractivity contribution in [2.75, 3.05) is 13.1 Å². The summed E-state index contributed by atoms with van der Waals surface area (Å²) >= 11 is 0. The van der Waals surface area contributed by atoms with Crippen LogP contribution in [-0.4, -0.2) is 23.9 Å². The van der Waals surface area contributed by atoms with Gasteiger partial charge in [0.1, 0.15) is 5.82 Å². The second-order valence-corrected chi connectivity index (χ2v) is 4.86. The van der Waals surface area contributed by atoms with Crippen LogP contribution in [0.25, 0.3) is 0 Å². The number of rotatable bonds is 2. The minimum atomic E-state index is -0.286. The Hall–Kier alpha value is -1.38. The fourth-order valence-electron chi connectivity index (χ4n) is 2.33. The number of likely N-dealkylation sites (tertiary alicyclic amines) is 1. The number of piperidine rings is 1. The van der Waals surface area contributed by atoms with Gasteiger partial charge in [-0.1, -0.05) is 25.1 Å². The van der Waals surface area contributed by atoms with Crippen LogP contribution in [0, 0.1) is 11.7 Å². The molecule has 1 heterocycles. The molecule has 1 atom stereocenters. The normalized spacial score (nSPS) is 20.4. The summed E-state index contributed by atoms with van der Waals surface area (Å²) in [5.74, 6) is 0.320. The molecule has 0 N–H and O–H groups in total. The standard InChI is InChI=1S/C14H18FNO/c1-11-5-4-8-16(10-11)14(17)9-12-6-2-3-7-13(12)15/h2-3,6-7,11H,4-5,8-10H2,1H3/t11-/m0/s1. The number of benzene rings is 1. The number of carbonyl (C=O) groups is 1. The van der Waals surface area contributed by atoms with Gasteiger partial charge in [-0.3, -0.25) is 4.79 Å². The lowest BCUT2D eigenvalue weighted by molar-refractivity contribution is -0.132. The number of hydrogen-bond donors (Lipinski definition) is 0. The zero-order valence-electron chi connectivity index (χ0n) is 10.2. The summed E-state index contributed by atoms with van der Waals surface area (Å²) in [6.45, 7) is 3.79. The molecule has 92 valence electrons. The van der Waals surface area contributed by atoms with Gasteiger partial charge in [-0.15, -0.1) is 0 Å². The van der Waals surface area contributed by atoms with Gasteiger partial charge in [0.05, 0.1) is 6.42 Å². The van der Waals surface area contributed by atoms with Gasteiger partial charge in [0.15, 0.2) is 0 Å². The van der Waals surface area contributed by atoms with Crippen LogP contribution in [0.5, 0.6) is 0 Å². The van der Waals surface area contributed by atoms with Crippen molar-refractivity contribution in [2.24, 2.45) is 5.92 Å². The molecule has 0 spiro atoms. The molecular formula is C14H18FNO. The summed E-state index contributed by atoms with van der Waals surface area (Å²) in [5, 5.41) is 0. The molecule has 1 saturated heterocycles. The van der Waals surface area contributed by atoms with Crippen LogP contribution in [0.15, 0.2) is 24.3 Å². The Morgan fingerprint density at radius 2 is 2.24 bits per heavy atom. The third-order valence-corrected chi connectivity index (χ3v) is 3.31. The molecule has 0 aliphatic carbocycles. The largest absolute Gasteiger partial charge is 0.342 e. The molecule has 1 aliphatic rings. The van der Waals surface area contributed by atoms with Gasteiger partial charge < -0.3 is 4.90 Å². The molecule has 1 aliphatic heterocycles. The third kappa shape index (κ3) is 3.05. The van der Waals surface area contributed by atoms with Crippen LogP contribution >= 0.6 is 0 Å². The molecule has 0 saturated carbocycles. The summed E-state index contributed by atoms with van der Waals surface area (Å²) < 4.78 is 13.4. The van der Waals surface area contributed by atoms with Crippen LogP contribution < -0.4 is 0 Å². The van der Waals surface area contributed by atoms with Crippen LogP contribution in [0.4, 0.5) is 4.39 Å². The first-order chi connectivity index (χ1) is 8.16. The van der Waals surface area contributed by atoms with E-state index in [1.807, 2.05) is 4.90 Å². The van der Waals surface area contributed by atoms with E-state index in [4.69, 9.17) is 0 Å². The SMILES string of the molecule is C[C@H]1CCCN(C(=O)Cc2ccccc2F)C1. The van der Waals surface area contributed by atoms with Crippen molar-refractivity contribution in [3.8, 4) is 0 Å². The first-order valence-electron chi connectivity index (χ1n) is 6.18. The van der Waals surface area contributed by atoms with E-state index in [1.165, 1.54) is 12.5 Å². The molecular weight excluding hydrogens is 217 g/mol. The predicted octanol–water partition coefficient (Wildman–Crippen LogP) is 2.63. The quantitative estimate of drug-likeness (QED) is 0.771. The number of carbonyl (C=O) groups excluding carboxylic acids is 1. The Balaban J connectivity index is 1.99. The van der Waals surface area contributed by atoms with Crippen molar-refractivity contribution in [3.63, 3.8) is 0 Å². The summed E-state index contributed by atoms with van der Waals surface area (Å²) in [5.41, 5.74) is 0.496. The van der Waals surface area contributed by atoms with Gasteiger partial charge >= 0.3 is 0 Å². The second kappa shape index (κ2) is 5.30.